The van der Waals surface area contributed by atoms with Gasteiger partial charge in [-0.15, -0.1) is 0 Å². The van der Waals surface area contributed by atoms with Gasteiger partial charge in [-0.3, -0.25) is 19.4 Å². The molecule has 2 amide bonds. The maximum absolute atomic E-state index is 12.7. The summed E-state index contributed by atoms with van der Waals surface area (Å²) in [7, 11) is 1.50. The Bertz CT molecular complexity index is 918. The quantitative estimate of drug-likeness (QED) is 0.596. The summed E-state index contributed by atoms with van der Waals surface area (Å²) in [5.74, 6) is -1.20. The number of aromatic nitrogens is 3. The van der Waals surface area contributed by atoms with Crippen molar-refractivity contribution in [2.75, 3.05) is 33.4 Å². The van der Waals surface area contributed by atoms with Gasteiger partial charge >= 0.3 is 0 Å². The molecule has 1 N–H and O–H groups in total. The summed E-state index contributed by atoms with van der Waals surface area (Å²) in [5, 5.41) is 0. The van der Waals surface area contributed by atoms with Gasteiger partial charge in [-0.2, -0.15) is 0 Å². The molecular formula is C20H23N5O4. The van der Waals surface area contributed by atoms with Gasteiger partial charge in [0.1, 0.15) is 6.61 Å². The van der Waals surface area contributed by atoms with Crippen LogP contribution in [0.25, 0.3) is 0 Å². The molecule has 9 heteroatoms. The fourth-order valence-electron chi connectivity index (χ4n) is 4.39. The van der Waals surface area contributed by atoms with E-state index in [4.69, 9.17) is 4.74 Å². The second-order valence-electron chi connectivity index (χ2n) is 7.35. The molecular weight excluding hydrogens is 374 g/mol. The summed E-state index contributed by atoms with van der Waals surface area (Å²) >= 11 is 0. The molecule has 29 heavy (non-hydrogen) atoms. The molecule has 0 saturated carbocycles. The standard InChI is InChI=1S/C20H23N5O4/c1-29-12-16(26)25-8-4-15-18(23-13-22-15)20(25)5-9-24(10-6-20)19(28)17(27)14-3-2-7-21-11-14/h2-3,7,11,13H,4-6,8-10,12H2,1H3,(H,22,23). The number of likely N-dealkylation sites (tertiary alicyclic amines) is 1. The molecule has 1 spiro atoms. The third kappa shape index (κ3) is 3.31. The number of ketones is 1. The number of nitrogens with one attached hydrogen (secondary N) is 1. The van der Waals surface area contributed by atoms with Gasteiger partial charge in [0, 0.05) is 56.8 Å². The summed E-state index contributed by atoms with van der Waals surface area (Å²) in [4.78, 5) is 52.9. The number of aromatic amines is 1. The lowest BCUT2D eigenvalue weighted by Gasteiger charge is -2.50. The number of Topliss-reactive ketones (excluding diaryl/α,β-unsaturated/α-hetero) is 1. The van der Waals surface area contributed by atoms with E-state index in [-0.39, 0.29) is 18.1 Å². The third-order valence-corrected chi connectivity index (χ3v) is 5.83. The first-order valence-corrected chi connectivity index (χ1v) is 9.62. The van der Waals surface area contributed by atoms with Crippen molar-refractivity contribution < 1.29 is 19.1 Å². The van der Waals surface area contributed by atoms with E-state index in [9.17, 15) is 14.4 Å². The highest BCUT2D eigenvalue weighted by Gasteiger charge is 2.49. The molecule has 1 saturated heterocycles. The topological polar surface area (TPSA) is 108 Å². The molecule has 0 aromatic carbocycles. The highest BCUT2D eigenvalue weighted by atomic mass is 16.5. The molecule has 152 valence electrons. The Balaban J connectivity index is 1.55. The fraction of sp³-hybridized carbons (Fsp3) is 0.450. The average Bonchev–Trinajstić information content (AvgIpc) is 3.24. The van der Waals surface area contributed by atoms with Gasteiger partial charge in [0.05, 0.1) is 17.6 Å². The number of amides is 2. The molecule has 2 aliphatic heterocycles. The fourth-order valence-corrected chi connectivity index (χ4v) is 4.39. The predicted octanol–water partition coefficient (Wildman–Crippen LogP) is 0.536. The zero-order chi connectivity index (χ0) is 20.4. The van der Waals surface area contributed by atoms with Crippen molar-refractivity contribution in [3.63, 3.8) is 0 Å². The minimum atomic E-state index is -0.586. The normalized spacial score (nSPS) is 17.8. The van der Waals surface area contributed by atoms with E-state index in [1.807, 2.05) is 4.90 Å². The summed E-state index contributed by atoms with van der Waals surface area (Å²) in [6.07, 6.45) is 6.35. The Morgan fingerprint density at radius 2 is 2.03 bits per heavy atom. The molecule has 2 aromatic rings. The first-order chi connectivity index (χ1) is 14.1. The van der Waals surface area contributed by atoms with Crippen LogP contribution in [-0.4, -0.2) is 75.7 Å². The van der Waals surface area contributed by atoms with Gasteiger partial charge in [-0.1, -0.05) is 0 Å². The maximum atomic E-state index is 12.7. The number of fused-ring (bicyclic) bond motifs is 2. The molecule has 0 radical (unpaired) electrons. The van der Waals surface area contributed by atoms with Crippen LogP contribution < -0.4 is 0 Å². The average molecular weight is 397 g/mol. The minimum Gasteiger partial charge on any atom is -0.375 e. The molecule has 4 heterocycles. The number of nitrogens with zero attached hydrogens (tertiary/aromatic N) is 4. The van der Waals surface area contributed by atoms with Gasteiger partial charge in [0.2, 0.25) is 5.91 Å². The van der Waals surface area contributed by atoms with E-state index in [2.05, 4.69) is 15.0 Å². The molecule has 1 fully saturated rings. The number of rotatable bonds is 4. The van der Waals surface area contributed by atoms with Crippen LogP contribution in [0.1, 0.15) is 34.6 Å². The largest absolute Gasteiger partial charge is 0.375 e. The lowest BCUT2D eigenvalue weighted by Crippen LogP contribution is -2.60. The summed E-state index contributed by atoms with van der Waals surface area (Å²) in [6.45, 7) is 1.31. The SMILES string of the molecule is COCC(=O)N1CCc2[nH]cnc2C12CCN(C(=O)C(=O)c1cccnc1)CC2. The number of pyridine rings is 1. The second kappa shape index (κ2) is 7.75. The molecule has 9 nitrogen and oxygen atoms in total. The van der Waals surface area contributed by atoms with Crippen LogP contribution in [0.2, 0.25) is 0 Å². The lowest BCUT2D eigenvalue weighted by atomic mass is 9.78. The van der Waals surface area contributed by atoms with Crippen LogP contribution in [-0.2, 0) is 26.3 Å². The van der Waals surface area contributed by atoms with E-state index in [1.54, 1.807) is 29.6 Å². The van der Waals surface area contributed by atoms with Gasteiger partial charge < -0.3 is 19.5 Å². The minimum absolute atomic E-state index is 0.00362. The monoisotopic (exact) mass is 397 g/mol. The van der Waals surface area contributed by atoms with Crippen molar-refractivity contribution >= 4 is 17.6 Å². The Labute approximate surface area is 168 Å². The molecule has 0 atom stereocenters. The van der Waals surface area contributed by atoms with Crippen LogP contribution in [0, 0.1) is 0 Å². The predicted molar refractivity (Wildman–Crippen MR) is 102 cm³/mol. The van der Waals surface area contributed by atoms with E-state index >= 15 is 0 Å². The zero-order valence-corrected chi connectivity index (χ0v) is 16.3. The van der Waals surface area contributed by atoms with Crippen LogP contribution in [0.15, 0.2) is 30.9 Å². The van der Waals surface area contributed by atoms with E-state index in [0.29, 0.717) is 38.9 Å². The molecule has 2 aromatic heterocycles. The summed E-state index contributed by atoms with van der Waals surface area (Å²) in [6, 6.07) is 3.22. The van der Waals surface area contributed by atoms with E-state index in [1.165, 1.54) is 13.3 Å². The first kappa shape index (κ1) is 19.3. The summed E-state index contributed by atoms with van der Waals surface area (Å²) < 4.78 is 5.07. The summed E-state index contributed by atoms with van der Waals surface area (Å²) in [5.41, 5.74) is 1.58. The van der Waals surface area contributed by atoms with Gasteiger partial charge in [0.15, 0.2) is 0 Å². The Kier molecular flexibility index (Phi) is 5.14. The number of carbonyl (C=O) groups excluding carboxylic acids is 3. The number of imidazole rings is 1. The molecule has 4 rings (SSSR count). The van der Waals surface area contributed by atoms with Crippen molar-refractivity contribution in [3.05, 3.63) is 47.8 Å². The van der Waals surface area contributed by atoms with Crippen molar-refractivity contribution in [1.29, 1.82) is 0 Å². The van der Waals surface area contributed by atoms with E-state index < -0.39 is 17.2 Å². The number of hydrogen-bond acceptors (Lipinski definition) is 6. The molecule has 0 aliphatic carbocycles. The zero-order valence-electron chi connectivity index (χ0n) is 16.3. The maximum Gasteiger partial charge on any atom is 0.295 e. The van der Waals surface area contributed by atoms with Crippen molar-refractivity contribution in [1.82, 2.24) is 24.8 Å². The second-order valence-corrected chi connectivity index (χ2v) is 7.35. The third-order valence-electron chi connectivity index (χ3n) is 5.83. The van der Waals surface area contributed by atoms with Gasteiger partial charge in [-0.05, 0) is 25.0 Å². The molecule has 0 unspecified atom stereocenters. The number of hydrogen-bond donors (Lipinski definition) is 1. The van der Waals surface area contributed by atoms with Gasteiger partial charge in [0.25, 0.3) is 11.7 Å². The molecule has 2 aliphatic rings. The first-order valence-electron chi connectivity index (χ1n) is 9.62. The highest BCUT2D eigenvalue weighted by Crippen LogP contribution is 2.42. The lowest BCUT2D eigenvalue weighted by molar-refractivity contribution is -0.147. The number of ether oxygens (including phenoxy) is 1. The Morgan fingerprint density at radius 1 is 1.24 bits per heavy atom. The van der Waals surface area contributed by atoms with Crippen LogP contribution in [0.5, 0.6) is 0 Å². The Morgan fingerprint density at radius 3 is 2.72 bits per heavy atom. The van der Waals surface area contributed by atoms with E-state index in [0.717, 1.165) is 11.4 Å². The number of H-pyrrole nitrogens is 1. The Hall–Kier alpha value is -3.07. The highest BCUT2D eigenvalue weighted by molar-refractivity contribution is 6.42. The number of piperidine rings is 1. The van der Waals surface area contributed by atoms with Crippen LogP contribution >= 0.6 is 0 Å². The van der Waals surface area contributed by atoms with Crippen molar-refractivity contribution in [2.24, 2.45) is 0 Å². The number of carbonyl (C=O) groups is 3. The van der Waals surface area contributed by atoms with Crippen molar-refractivity contribution in [3.8, 4) is 0 Å². The van der Waals surface area contributed by atoms with Crippen LogP contribution in [0.3, 0.4) is 0 Å². The number of methoxy groups -OCH3 is 1. The van der Waals surface area contributed by atoms with Gasteiger partial charge in [-0.25, -0.2) is 4.98 Å². The smallest absolute Gasteiger partial charge is 0.295 e. The van der Waals surface area contributed by atoms with Crippen LogP contribution in [0.4, 0.5) is 0 Å². The molecule has 0 bridgehead atoms. The van der Waals surface area contributed by atoms with Crippen molar-refractivity contribution in [2.45, 2.75) is 24.8 Å².